The molecule has 1 aromatic heterocycles. The number of aliphatic imine (C=N–C) groups is 1. The lowest BCUT2D eigenvalue weighted by molar-refractivity contribution is -0.142. The molecule has 0 aliphatic carbocycles. The molecule has 29 heavy (non-hydrogen) atoms. The summed E-state index contributed by atoms with van der Waals surface area (Å²) in [6, 6.07) is -0.802. The Kier molecular flexibility index (Phi) is 9.47. The smallest absolute Gasteiger partial charge is 0.252 e. The van der Waals surface area contributed by atoms with Gasteiger partial charge in [0.2, 0.25) is 5.96 Å². The summed E-state index contributed by atoms with van der Waals surface area (Å²) in [6.07, 6.45) is 5.36. The molecule has 11 heteroatoms. The van der Waals surface area contributed by atoms with Gasteiger partial charge < -0.3 is 20.5 Å². The van der Waals surface area contributed by atoms with Gasteiger partial charge in [-0.2, -0.15) is 5.26 Å². The van der Waals surface area contributed by atoms with Crippen LogP contribution in [-0.2, 0) is 14.3 Å². The fraction of sp³-hybridized carbons (Fsp3) is 0.556. The normalized spacial score (nSPS) is 12.6. The number of ketones is 1. The molecule has 158 valence electrons. The minimum atomic E-state index is -1.09. The highest BCUT2D eigenvalue weighted by Crippen LogP contribution is 2.11. The van der Waals surface area contributed by atoms with Crippen LogP contribution < -0.4 is 21.1 Å². The van der Waals surface area contributed by atoms with Gasteiger partial charge in [0.25, 0.3) is 5.91 Å². The fourth-order valence-electron chi connectivity index (χ4n) is 2.04. The lowest BCUT2D eigenvalue weighted by Crippen LogP contribution is -2.51. The molecule has 0 aromatic carbocycles. The molecule has 0 saturated heterocycles. The van der Waals surface area contributed by atoms with E-state index in [1.807, 2.05) is 0 Å². The fourth-order valence-corrected chi connectivity index (χ4v) is 2.04. The Morgan fingerprint density at radius 2 is 2.03 bits per heavy atom. The Balaban J connectivity index is 2.73. The second kappa shape index (κ2) is 11.6. The Labute approximate surface area is 169 Å². The Hall–Kier alpha value is -3.26. The zero-order valence-electron chi connectivity index (χ0n) is 17.1. The minimum absolute atomic E-state index is 0.0115. The number of nitrogens with zero attached hydrogens (tertiary/aromatic N) is 4. The van der Waals surface area contributed by atoms with E-state index in [2.05, 4.69) is 25.6 Å². The number of Topliss-reactive ketones (excluding diaryl/α,β-unsaturated/α-hetero) is 1. The maximum absolute atomic E-state index is 12.6. The third-order valence-electron chi connectivity index (χ3n) is 4.01. The molecule has 1 unspecified atom stereocenters. The Bertz CT molecular complexity index is 756. The maximum Gasteiger partial charge on any atom is 0.252 e. The molecule has 11 nitrogen and oxygen atoms in total. The van der Waals surface area contributed by atoms with Crippen LogP contribution in [0.1, 0.15) is 32.5 Å². The Morgan fingerprint density at radius 3 is 2.62 bits per heavy atom. The molecule has 1 heterocycles. The average Bonchev–Trinajstić information content (AvgIpc) is 2.69. The molecule has 4 N–H and O–H groups in total. The van der Waals surface area contributed by atoms with Crippen molar-refractivity contribution in [2.24, 2.45) is 10.7 Å². The summed E-state index contributed by atoms with van der Waals surface area (Å²) in [4.78, 5) is 37.0. The number of nitrogens with two attached hydrogens (primary N) is 1. The van der Waals surface area contributed by atoms with Gasteiger partial charge in [0.15, 0.2) is 17.7 Å². The first-order valence-corrected chi connectivity index (χ1v) is 8.95. The number of ether oxygens (including phenoxy) is 2. The number of nitriles is 1. The first-order valence-electron chi connectivity index (χ1n) is 8.95. The van der Waals surface area contributed by atoms with Crippen molar-refractivity contribution in [2.45, 2.75) is 45.3 Å². The maximum atomic E-state index is 12.6. The summed E-state index contributed by atoms with van der Waals surface area (Å²) in [7, 11) is 1.41. The predicted octanol–water partition coefficient (Wildman–Crippen LogP) is -0.192. The lowest BCUT2D eigenvalue weighted by atomic mass is 10.0. The highest BCUT2D eigenvalue weighted by Gasteiger charge is 2.31. The van der Waals surface area contributed by atoms with E-state index in [9.17, 15) is 9.59 Å². The second-order valence-electron chi connectivity index (χ2n) is 6.61. The third-order valence-corrected chi connectivity index (χ3v) is 4.01. The zero-order chi connectivity index (χ0) is 21.9. The number of carbonyl (C=O) groups excluding carboxylic acids is 2. The van der Waals surface area contributed by atoms with E-state index >= 15 is 0 Å². The van der Waals surface area contributed by atoms with Crippen LogP contribution in [0.5, 0.6) is 5.75 Å². The molecule has 0 spiro atoms. The molecule has 0 aliphatic heterocycles. The van der Waals surface area contributed by atoms with Gasteiger partial charge in [-0.25, -0.2) is 9.97 Å². The number of nitrogens with one attached hydrogen (secondary N) is 2. The number of aromatic nitrogens is 2. The number of hydrogen-bond donors (Lipinski definition) is 3. The van der Waals surface area contributed by atoms with Gasteiger partial charge in [-0.3, -0.25) is 19.9 Å². The van der Waals surface area contributed by atoms with Crippen molar-refractivity contribution < 1.29 is 19.1 Å². The summed E-state index contributed by atoms with van der Waals surface area (Å²) >= 11 is 0. The zero-order valence-corrected chi connectivity index (χ0v) is 17.1. The molecule has 0 fully saturated rings. The highest BCUT2D eigenvalue weighted by atomic mass is 16.5. The van der Waals surface area contributed by atoms with E-state index < -0.39 is 17.6 Å². The second-order valence-corrected chi connectivity index (χ2v) is 6.61. The number of aryl methyl sites for hydroxylation is 1. The standard InChI is InChI=1S/C18H27N7O4/c1-12-22-8-13(9-23-12)29-10-15(26)14(25-16(27)18(2,3)28-4)6-5-7-21-17(20)24-11-19/h8-9,14H,5-7,10H2,1-4H3,(H,25,27)(H3,20,21,24). The van der Waals surface area contributed by atoms with Crippen molar-refractivity contribution >= 4 is 17.6 Å². The van der Waals surface area contributed by atoms with Crippen LogP contribution >= 0.6 is 0 Å². The molecule has 0 aliphatic rings. The van der Waals surface area contributed by atoms with Crippen molar-refractivity contribution in [3.05, 3.63) is 18.2 Å². The summed E-state index contributed by atoms with van der Waals surface area (Å²) in [5, 5.41) is 13.4. The van der Waals surface area contributed by atoms with E-state index in [0.29, 0.717) is 24.4 Å². The number of guanidine groups is 1. The predicted molar refractivity (Wildman–Crippen MR) is 105 cm³/mol. The summed E-state index contributed by atoms with van der Waals surface area (Å²) in [5.74, 6) is 0.180. The first-order chi connectivity index (χ1) is 13.7. The lowest BCUT2D eigenvalue weighted by Gasteiger charge is -2.25. The topological polar surface area (TPSA) is 165 Å². The average molecular weight is 405 g/mol. The molecule has 1 aromatic rings. The van der Waals surface area contributed by atoms with Gasteiger partial charge in [0, 0.05) is 13.7 Å². The summed E-state index contributed by atoms with van der Waals surface area (Å²) < 4.78 is 10.6. The van der Waals surface area contributed by atoms with Crippen LogP contribution in [0.2, 0.25) is 0 Å². The summed E-state index contributed by atoms with van der Waals surface area (Å²) in [5.41, 5.74) is 4.38. The number of carbonyl (C=O) groups is 2. The molecule has 1 atom stereocenters. The van der Waals surface area contributed by atoms with Crippen LogP contribution in [0.4, 0.5) is 0 Å². The van der Waals surface area contributed by atoms with Crippen LogP contribution in [0.15, 0.2) is 17.4 Å². The van der Waals surface area contributed by atoms with Crippen molar-refractivity contribution in [1.82, 2.24) is 20.6 Å². The molecule has 0 bridgehead atoms. The minimum Gasteiger partial charge on any atom is -0.483 e. The molecule has 0 radical (unpaired) electrons. The quantitative estimate of drug-likeness (QED) is 0.149. The van der Waals surface area contributed by atoms with E-state index in [0.717, 1.165) is 0 Å². The van der Waals surface area contributed by atoms with Gasteiger partial charge in [0.1, 0.15) is 18.0 Å². The van der Waals surface area contributed by atoms with Crippen LogP contribution in [0, 0.1) is 18.4 Å². The van der Waals surface area contributed by atoms with Crippen LogP contribution in [-0.4, -0.2) is 59.5 Å². The van der Waals surface area contributed by atoms with Crippen molar-refractivity contribution in [3.8, 4) is 11.9 Å². The van der Waals surface area contributed by atoms with Crippen molar-refractivity contribution in [1.29, 1.82) is 5.26 Å². The van der Waals surface area contributed by atoms with Gasteiger partial charge in [-0.1, -0.05) is 0 Å². The van der Waals surface area contributed by atoms with Crippen LogP contribution in [0.25, 0.3) is 0 Å². The summed E-state index contributed by atoms with van der Waals surface area (Å²) in [6.45, 7) is 4.96. The molecule has 1 amide bonds. The Morgan fingerprint density at radius 1 is 1.38 bits per heavy atom. The number of rotatable bonds is 11. The van der Waals surface area contributed by atoms with Gasteiger partial charge in [-0.15, -0.1) is 0 Å². The van der Waals surface area contributed by atoms with Gasteiger partial charge in [-0.05, 0) is 33.6 Å². The van der Waals surface area contributed by atoms with E-state index in [1.165, 1.54) is 19.5 Å². The van der Waals surface area contributed by atoms with E-state index in [-0.39, 0.29) is 24.9 Å². The number of methoxy groups -OCH3 is 1. The highest BCUT2D eigenvalue weighted by molar-refractivity contribution is 5.92. The van der Waals surface area contributed by atoms with Gasteiger partial charge >= 0.3 is 0 Å². The van der Waals surface area contributed by atoms with Gasteiger partial charge in [0.05, 0.1) is 18.4 Å². The SMILES string of the molecule is COC(C)(C)C(=O)NC(CCCN=C(N)NC#N)C(=O)COc1cnc(C)nc1. The van der Waals surface area contributed by atoms with Crippen molar-refractivity contribution in [3.63, 3.8) is 0 Å². The third kappa shape index (κ3) is 8.52. The van der Waals surface area contributed by atoms with Crippen molar-refractivity contribution in [2.75, 3.05) is 20.3 Å². The monoisotopic (exact) mass is 405 g/mol. The van der Waals surface area contributed by atoms with Crippen LogP contribution in [0.3, 0.4) is 0 Å². The molecule has 0 saturated carbocycles. The molecular weight excluding hydrogens is 378 g/mol. The number of hydrogen-bond acceptors (Lipinski definition) is 8. The van der Waals surface area contributed by atoms with E-state index in [1.54, 1.807) is 27.0 Å². The number of amides is 1. The molecule has 1 rings (SSSR count). The van der Waals surface area contributed by atoms with E-state index in [4.69, 9.17) is 20.5 Å². The first kappa shape index (κ1) is 23.8. The largest absolute Gasteiger partial charge is 0.483 e. The molecular formula is C18H27N7O4.